The first-order valence-electron chi connectivity index (χ1n) is 5.94. The topological polar surface area (TPSA) is 35.2 Å². The third-order valence-electron chi connectivity index (χ3n) is 3.37. The van der Waals surface area contributed by atoms with Crippen LogP contribution in [0.3, 0.4) is 0 Å². The van der Waals surface area contributed by atoms with Gasteiger partial charge in [0.15, 0.2) is 0 Å². The summed E-state index contributed by atoms with van der Waals surface area (Å²) in [6.45, 7) is 1.39. The van der Waals surface area contributed by atoms with Crippen molar-refractivity contribution in [1.29, 1.82) is 0 Å². The Morgan fingerprint density at radius 3 is 2.41 bits per heavy atom. The van der Waals surface area contributed by atoms with Crippen LogP contribution in [-0.4, -0.2) is 19.3 Å². The molecule has 1 aromatic carbocycles. The number of halogens is 2. The first kappa shape index (κ1) is 12.5. The van der Waals surface area contributed by atoms with E-state index in [-0.39, 0.29) is 18.0 Å². The summed E-state index contributed by atoms with van der Waals surface area (Å²) in [6.07, 6.45) is 2.00. The van der Waals surface area contributed by atoms with E-state index in [1.54, 1.807) is 0 Å². The van der Waals surface area contributed by atoms with Crippen molar-refractivity contribution in [2.45, 2.75) is 25.3 Å². The van der Waals surface area contributed by atoms with Gasteiger partial charge in [0.25, 0.3) is 0 Å². The second-order valence-electron chi connectivity index (χ2n) is 4.52. The van der Waals surface area contributed by atoms with Crippen LogP contribution in [0, 0.1) is 17.6 Å². The molecule has 0 spiro atoms. The van der Waals surface area contributed by atoms with E-state index in [0.29, 0.717) is 19.1 Å². The van der Waals surface area contributed by atoms with Crippen LogP contribution in [0.5, 0.6) is 0 Å². The number of nitrogens with two attached hydrogens (primary N) is 1. The van der Waals surface area contributed by atoms with Gasteiger partial charge in [-0.2, -0.15) is 0 Å². The molecule has 1 atom stereocenters. The Kier molecular flexibility index (Phi) is 4.07. The minimum atomic E-state index is -0.507. The Morgan fingerprint density at radius 1 is 1.24 bits per heavy atom. The second kappa shape index (κ2) is 5.56. The minimum Gasteiger partial charge on any atom is -0.381 e. The molecule has 1 aromatic rings. The SMILES string of the molecule is NC(Cc1c(F)cccc1F)C1CCOCC1. The van der Waals surface area contributed by atoms with Crippen molar-refractivity contribution >= 4 is 0 Å². The highest BCUT2D eigenvalue weighted by atomic mass is 19.1. The van der Waals surface area contributed by atoms with Crippen LogP contribution in [0.15, 0.2) is 18.2 Å². The standard InChI is InChI=1S/C13H17F2NO/c14-11-2-1-3-12(15)10(11)8-13(16)9-4-6-17-7-5-9/h1-3,9,13H,4-8,16H2. The van der Waals surface area contributed by atoms with Crippen molar-refractivity contribution in [2.75, 3.05) is 13.2 Å². The van der Waals surface area contributed by atoms with Crippen LogP contribution in [0.4, 0.5) is 8.78 Å². The zero-order chi connectivity index (χ0) is 12.3. The second-order valence-corrected chi connectivity index (χ2v) is 4.52. The van der Waals surface area contributed by atoms with Crippen molar-refractivity contribution in [3.63, 3.8) is 0 Å². The van der Waals surface area contributed by atoms with Crippen LogP contribution < -0.4 is 5.73 Å². The summed E-state index contributed by atoms with van der Waals surface area (Å²) < 4.78 is 32.2. The summed E-state index contributed by atoms with van der Waals surface area (Å²) >= 11 is 0. The lowest BCUT2D eigenvalue weighted by Crippen LogP contribution is -2.36. The number of hydrogen-bond donors (Lipinski definition) is 1. The van der Waals surface area contributed by atoms with Gasteiger partial charge in [-0.25, -0.2) is 8.78 Å². The zero-order valence-electron chi connectivity index (χ0n) is 9.66. The molecule has 94 valence electrons. The fraction of sp³-hybridized carbons (Fsp3) is 0.538. The van der Waals surface area contributed by atoms with Gasteiger partial charge in [-0.15, -0.1) is 0 Å². The lowest BCUT2D eigenvalue weighted by Gasteiger charge is -2.27. The summed E-state index contributed by atoms with van der Waals surface area (Å²) in [4.78, 5) is 0. The highest BCUT2D eigenvalue weighted by Crippen LogP contribution is 2.22. The number of rotatable bonds is 3. The van der Waals surface area contributed by atoms with E-state index in [4.69, 9.17) is 10.5 Å². The molecule has 0 radical (unpaired) electrons. The fourth-order valence-corrected chi connectivity index (χ4v) is 2.27. The van der Waals surface area contributed by atoms with Gasteiger partial charge in [-0.3, -0.25) is 0 Å². The third-order valence-corrected chi connectivity index (χ3v) is 3.37. The first-order chi connectivity index (χ1) is 8.18. The minimum absolute atomic E-state index is 0.103. The van der Waals surface area contributed by atoms with E-state index >= 15 is 0 Å². The third kappa shape index (κ3) is 3.01. The van der Waals surface area contributed by atoms with Gasteiger partial charge in [0.2, 0.25) is 0 Å². The predicted molar refractivity (Wildman–Crippen MR) is 61.6 cm³/mol. The van der Waals surface area contributed by atoms with E-state index in [2.05, 4.69) is 0 Å². The molecule has 0 aromatic heterocycles. The van der Waals surface area contributed by atoms with Crippen molar-refractivity contribution < 1.29 is 13.5 Å². The fourth-order valence-electron chi connectivity index (χ4n) is 2.27. The predicted octanol–water partition coefficient (Wildman–Crippen LogP) is 2.26. The molecule has 2 nitrogen and oxygen atoms in total. The number of hydrogen-bond acceptors (Lipinski definition) is 2. The van der Waals surface area contributed by atoms with Crippen molar-refractivity contribution in [3.05, 3.63) is 35.4 Å². The summed E-state index contributed by atoms with van der Waals surface area (Å²) in [5.74, 6) is -0.720. The highest BCUT2D eigenvalue weighted by Gasteiger charge is 2.23. The number of ether oxygens (including phenoxy) is 1. The summed E-state index contributed by atoms with van der Waals surface area (Å²) in [7, 11) is 0. The molecular formula is C13H17F2NO. The Bertz CT molecular complexity index is 357. The lowest BCUT2D eigenvalue weighted by molar-refractivity contribution is 0.0583. The van der Waals surface area contributed by atoms with Crippen LogP contribution in [0.25, 0.3) is 0 Å². The first-order valence-corrected chi connectivity index (χ1v) is 5.94. The molecule has 0 amide bonds. The molecule has 1 heterocycles. The molecule has 0 bridgehead atoms. The van der Waals surface area contributed by atoms with Gasteiger partial charge >= 0.3 is 0 Å². The van der Waals surface area contributed by atoms with Crippen LogP contribution >= 0.6 is 0 Å². The zero-order valence-corrected chi connectivity index (χ0v) is 9.66. The summed E-state index contributed by atoms with van der Waals surface area (Å²) in [6, 6.07) is 3.71. The Labute approximate surface area is 99.8 Å². The summed E-state index contributed by atoms with van der Waals surface area (Å²) in [5, 5.41) is 0. The Morgan fingerprint density at radius 2 is 1.82 bits per heavy atom. The maximum absolute atomic E-state index is 13.5. The molecule has 0 aliphatic carbocycles. The molecule has 1 fully saturated rings. The van der Waals surface area contributed by atoms with Gasteiger partial charge in [0, 0.05) is 24.8 Å². The summed E-state index contributed by atoms with van der Waals surface area (Å²) in [5.41, 5.74) is 6.13. The molecule has 1 aliphatic rings. The van der Waals surface area contributed by atoms with Gasteiger partial charge in [0.05, 0.1) is 0 Å². The monoisotopic (exact) mass is 241 g/mol. The quantitative estimate of drug-likeness (QED) is 0.881. The van der Waals surface area contributed by atoms with Crippen LogP contribution in [-0.2, 0) is 11.2 Å². The molecule has 1 unspecified atom stereocenters. The smallest absolute Gasteiger partial charge is 0.129 e. The van der Waals surface area contributed by atoms with E-state index in [9.17, 15) is 8.78 Å². The lowest BCUT2D eigenvalue weighted by atomic mass is 9.88. The van der Waals surface area contributed by atoms with Crippen LogP contribution in [0.2, 0.25) is 0 Å². The van der Waals surface area contributed by atoms with Gasteiger partial charge in [-0.05, 0) is 37.3 Å². The molecule has 2 rings (SSSR count). The largest absolute Gasteiger partial charge is 0.381 e. The van der Waals surface area contributed by atoms with E-state index in [0.717, 1.165) is 12.8 Å². The Hall–Kier alpha value is -1.00. The molecule has 0 saturated carbocycles. The van der Waals surface area contributed by atoms with E-state index in [1.807, 2.05) is 0 Å². The normalized spacial score (nSPS) is 19.2. The Balaban J connectivity index is 2.04. The van der Waals surface area contributed by atoms with Crippen molar-refractivity contribution in [2.24, 2.45) is 11.7 Å². The van der Waals surface area contributed by atoms with E-state index in [1.165, 1.54) is 18.2 Å². The van der Waals surface area contributed by atoms with Gasteiger partial charge in [0.1, 0.15) is 11.6 Å². The molecule has 4 heteroatoms. The molecular weight excluding hydrogens is 224 g/mol. The average molecular weight is 241 g/mol. The van der Waals surface area contributed by atoms with Gasteiger partial charge < -0.3 is 10.5 Å². The molecule has 17 heavy (non-hydrogen) atoms. The molecule has 1 aliphatic heterocycles. The van der Waals surface area contributed by atoms with Crippen molar-refractivity contribution in [3.8, 4) is 0 Å². The molecule has 2 N–H and O–H groups in total. The highest BCUT2D eigenvalue weighted by molar-refractivity contribution is 5.20. The average Bonchev–Trinajstić information content (AvgIpc) is 2.35. The van der Waals surface area contributed by atoms with E-state index < -0.39 is 11.6 Å². The van der Waals surface area contributed by atoms with Crippen molar-refractivity contribution in [1.82, 2.24) is 0 Å². The van der Waals surface area contributed by atoms with Gasteiger partial charge in [-0.1, -0.05) is 6.07 Å². The van der Waals surface area contributed by atoms with Crippen LogP contribution in [0.1, 0.15) is 18.4 Å². The maximum Gasteiger partial charge on any atom is 0.129 e. The maximum atomic E-state index is 13.5. The number of benzene rings is 1. The molecule has 1 saturated heterocycles.